The summed E-state index contributed by atoms with van der Waals surface area (Å²) in [5, 5.41) is 2.81. The van der Waals surface area contributed by atoms with Gasteiger partial charge in [-0.05, 0) is 42.8 Å². The molecule has 1 aliphatic heterocycles. The first-order valence-corrected chi connectivity index (χ1v) is 10.5. The van der Waals surface area contributed by atoms with Crippen molar-refractivity contribution >= 4 is 27.3 Å². The van der Waals surface area contributed by atoms with Crippen LogP contribution >= 0.6 is 0 Å². The summed E-state index contributed by atoms with van der Waals surface area (Å²) in [5.74, 6) is 1.40. The number of ether oxygens (including phenoxy) is 3. The van der Waals surface area contributed by atoms with Crippen molar-refractivity contribution in [3.05, 3.63) is 42.5 Å². The molecule has 0 saturated carbocycles. The molecule has 8 nitrogen and oxygen atoms in total. The van der Waals surface area contributed by atoms with E-state index >= 15 is 0 Å². The zero-order chi connectivity index (χ0) is 20.3. The summed E-state index contributed by atoms with van der Waals surface area (Å²) < 4.78 is 40.7. The normalized spacial score (nSPS) is 13.7. The van der Waals surface area contributed by atoms with Crippen LogP contribution in [0, 0.1) is 0 Å². The third-order valence-corrected chi connectivity index (χ3v) is 5.49. The van der Waals surface area contributed by atoms with Crippen molar-refractivity contribution < 1.29 is 27.4 Å². The summed E-state index contributed by atoms with van der Waals surface area (Å²) >= 11 is 0. The molecule has 150 valence electrons. The lowest BCUT2D eigenvalue weighted by Gasteiger charge is -2.19. The van der Waals surface area contributed by atoms with Crippen LogP contribution in [0.3, 0.4) is 0 Å². The molecule has 28 heavy (non-hydrogen) atoms. The Hall–Kier alpha value is -2.94. The second-order valence-electron chi connectivity index (χ2n) is 6.30. The van der Waals surface area contributed by atoms with E-state index in [4.69, 9.17) is 14.2 Å². The molecule has 0 fully saturated rings. The Morgan fingerprint density at radius 2 is 1.86 bits per heavy atom. The Bertz CT molecular complexity index is 959. The maximum atomic E-state index is 12.6. The van der Waals surface area contributed by atoms with Gasteiger partial charge < -0.3 is 19.5 Å². The summed E-state index contributed by atoms with van der Waals surface area (Å²) in [6.07, 6.45) is 0.885. The van der Waals surface area contributed by atoms with Crippen molar-refractivity contribution in [1.29, 1.82) is 0 Å². The molecule has 0 radical (unpaired) electrons. The first kappa shape index (κ1) is 19.8. The van der Waals surface area contributed by atoms with Gasteiger partial charge in [0.05, 0.1) is 11.9 Å². The van der Waals surface area contributed by atoms with Gasteiger partial charge in [0.25, 0.3) is 5.91 Å². The van der Waals surface area contributed by atoms with E-state index in [2.05, 4.69) is 5.32 Å². The molecule has 0 saturated heterocycles. The van der Waals surface area contributed by atoms with Crippen LogP contribution in [0.5, 0.6) is 17.2 Å². The van der Waals surface area contributed by atoms with Gasteiger partial charge in [0.2, 0.25) is 16.8 Å². The Morgan fingerprint density at radius 3 is 2.50 bits per heavy atom. The number of carbonyl (C=O) groups is 1. The fourth-order valence-electron chi connectivity index (χ4n) is 2.61. The molecule has 0 aromatic heterocycles. The van der Waals surface area contributed by atoms with Crippen LogP contribution in [0.2, 0.25) is 0 Å². The molecule has 3 rings (SSSR count). The molecule has 9 heteroatoms. The van der Waals surface area contributed by atoms with Crippen LogP contribution < -0.4 is 23.8 Å². The number of benzene rings is 2. The molecule has 1 atom stereocenters. The second kappa shape index (κ2) is 7.97. The lowest BCUT2D eigenvalue weighted by Crippen LogP contribution is -2.32. The van der Waals surface area contributed by atoms with E-state index in [0.717, 1.165) is 6.26 Å². The van der Waals surface area contributed by atoms with Gasteiger partial charge in [-0.2, -0.15) is 0 Å². The van der Waals surface area contributed by atoms with Gasteiger partial charge in [-0.25, -0.2) is 8.42 Å². The van der Waals surface area contributed by atoms with Gasteiger partial charge in [-0.1, -0.05) is 6.92 Å². The van der Waals surface area contributed by atoms with Gasteiger partial charge in [0, 0.05) is 18.8 Å². The standard InChI is InChI=1S/C19H22N2O6S/c1-4-16(19(22)20-13-5-10-17-18(11-13)26-12-25-17)27-15-8-6-14(7-9-15)21(2)28(3,23)24/h5-11,16H,4,12H2,1-3H3,(H,20,22)/t16-/m1/s1. The van der Waals surface area contributed by atoms with Crippen LogP contribution in [0.4, 0.5) is 11.4 Å². The van der Waals surface area contributed by atoms with Gasteiger partial charge >= 0.3 is 0 Å². The average Bonchev–Trinajstić information content (AvgIpc) is 3.13. The number of sulfonamides is 1. The minimum absolute atomic E-state index is 0.165. The van der Waals surface area contributed by atoms with Crippen LogP contribution in [-0.2, 0) is 14.8 Å². The van der Waals surface area contributed by atoms with E-state index < -0.39 is 16.1 Å². The number of hydrogen-bond acceptors (Lipinski definition) is 6. The minimum Gasteiger partial charge on any atom is -0.481 e. The fourth-order valence-corrected chi connectivity index (χ4v) is 3.11. The van der Waals surface area contributed by atoms with Gasteiger partial charge in [0.15, 0.2) is 17.6 Å². The maximum absolute atomic E-state index is 12.6. The minimum atomic E-state index is -3.34. The number of nitrogens with one attached hydrogen (secondary N) is 1. The van der Waals surface area contributed by atoms with Crippen molar-refractivity contribution in [2.45, 2.75) is 19.4 Å². The van der Waals surface area contributed by atoms with E-state index in [9.17, 15) is 13.2 Å². The molecule has 1 aliphatic rings. The summed E-state index contributed by atoms with van der Waals surface area (Å²) in [6.45, 7) is 2.01. The number of anilines is 2. The molecule has 0 spiro atoms. The quantitative estimate of drug-likeness (QED) is 0.760. The Labute approximate surface area is 164 Å². The third-order valence-electron chi connectivity index (χ3n) is 4.28. The van der Waals surface area contributed by atoms with Gasteiger partial charge in [0.1, 0.15) is 5.75 Å². The predicted molar refractivity (Wildman–Crippen MR) is 106 cm³/mol. The highest BCUT2D eigenvalue weighted by Gasteiger charge is 2.21. The van der Waals surface area contributed by atoms with Crippen molar-refractivity contribution in [3.8, 4) is 17.2 Å². The highest BCUT2D eigenvalue weighted by molar-refractivity contribution is 7.92. The molecule has 1 amide bonds. The molecule has 1 heterocycles. The van der Waals surface area contributed by atoms with E-state index in [-0.39, 0.29) is 12.7 Å². The van der Waals surface area contributed by atoms with Crippen LogP contribution in [0.25, 0.3) is 0 Å². The lowest BCUT2D eigenvalue weighted by molar-refractivity contribution is -0.122. The summed E-state index contributed by atoms with van der Waals surface area (Å²) in [5.41, 5.74) is 1.09. The number of rotatable bonds is 7. The molecule has 0 unspecified atom stereocenters. The molecule has 1 N–H and O–H groups in total. The zero-order valence-electron chi connectivity index (χ0n) is 15.8. The molecule has 0 aliphatic carbocycles. The molecular weight excluding hydrogens is 384 g/mol. The van der Waals surface area contributed by atoms with E-state index in [1.165, 1.54) is 11.4 Å². The van der Waals surface area contributed by atoms with Crippen molar-refractivity contribution in [1.82, 2.24) is 0 Å². The molecule has 0 bridgehead atoms. The topological polar surface area (TPSA) is 94.2 Å². The van der Waals surface area contributed by atoms with Gasteiger partial charge in [-0.3, -0.25) is 9.10 Å². The summed E-state index contributed by atoms with van der Waals surface area (Å²) in [4.78, 5) is 12.6. The fraction of sp³-hybridized carbons (Fsp3) is 0.316. The number of hydrogen-bond donors (Lipinski definition) is 1. The van der Waals surface area contributed by atoms with Crippen molar-refractivity contribution in [2.75, 3.05) is 29.7 Å². The predicted octanol–water partition coefficient (Wildman–Crippen LogP) is 2.61. The molecule has 2 aromatic carbocycles. The van der Waals surface area contributed by atoms with Crippen molar-refractivity contribution in [2.24, 2.45) is 0 Å². The average molecular weight is 406 g/mol. The number of fused-ring (bicyclic) bond motifs is 1. The Kier molecular flexibility index (Phi) is 5.64. The van der Waals surface area contributed by atoms with Crippen molar-refractivity contribution in [3.63, 3.8) is 0 Å². The highest BCUT2D eigenvalue weighted by Crippen LogP contribution is 2.34. The van der Waals surface area contributed by atoms with Gasteiger partial charge in [-0.15, -0.1) is 0 Å². The van der Waals surface area contributed by atoms with E-state index in [1.807, 2.05) is 6.92 Å². The van der Waals surface area contributed by atoms with E-state index in [1.54, 1.807) is 42.5 Å². The first-order chi connectivity index (χ1) is 13.3. The SMILES string of the molecule is CC[C@@H](Oc1ccc(N(C)S(C)(=O)=O)cc1)C(=O)Nc1ccc2c(c1)OCO2. The van der Waals surface area contributed by atoms with Crippen LogP contribution in [-0.4, -0.2) is 40.5 Å². The van der Waals surface area contributed by atoms with Crippen LogP contribution in [0.1, 0.15) is 13.3 Å². The Balaban J connectivity index is 1.65. The maximum Gasteiger partial charge on any atom is 0.265 e. The highest BCUT2D eigenvalue weighted by atomic mass is 32.2. The first-order valence-electron chi connectivity index (χ1n) is 8.69. The number of carbonyl (C=O) groups excluding carboxylic acids is 1. The third kappa shape index (κ3) is 4.48. The summed E-state index contributed by atoms with van der Waals surface area (Å²) in [7, 11) is -1.87. The van der Waals surface area contributed by atoms with Crippen LogP contribution in [0.15, 0.2) is 42.5 Å². The second-order valence-corrected chi connectivity index (χ2v) is 8.31. The van der Waals surface area contributed by atoms with E-state index in [0.29, 0.717) is 35.0 Å². The Morgan fingerprint density at radius 1 is 1.18 bits per heavy atom. The monoisotopic (exact) mass is 406 g/mol. The molecule has 2 aromatic rings. The largest absolute Gasteiger partial charge is 0.481 e. The zero-order valence-corrected chi connectivity index (χ0v) is 16.7. The number of amides is 1. The number of nitrogens with zero attached hydrogens (tertiary/aromatic N) is 1. The lowest BCUT2D eigenvalue weighted by atomic mass is 10.2. The molecular formula is C19H22N2O6S. The summed E-state index contributed by atoms with van der Waals surface area (Å²) in [6, 6.07) is 11.7. The smallest absolute Gasteiger partial charge is 0.265 e.